The highest BCUT2D eigenvalue weighted by Crippen LogP contribution is 2.33. The first-order chi connectivity index (χ1) is 7.26. The van der Waals surface area contributed by atoms with Gasteiger partial charge in [0, 0.05) is 42.1 Å². The maximum atomic E-state index is 11.5. The molecule has 84 valence electrons. The first kappa shape index (κ1) is 11.4. The first-order valence-electron chi connectivity index (χ1n) is 5.03. The van der Waals surface area contributed by atoms with Gasteiger partial charge in [-0.1, -0.05) is 27.3 Å². The van der Waals surface area contributed by atoms with Crippen LogP contribution in [0.3, 0.4) is 0 Å². The van der Waals surface area contributed by atoms with Crippen LogP contribution in [0.25, 0.3) is 0 Å². The average molecular weight is 292 g/mol. The van der Waals surface area contributed by atoms with Crippen LogP contribution in [0.15, 0.2) is 16.4 Å². The number of aromatic nitrogens is 1. The van der Waals surface area contributed by atoms with Crippen molar-refractivity contribution in [1.82, 2.24) is 4.57 Å². The Labute approximate surface area is 101 Å². The van der Waals surface area contributed by atoms with Crippen LogP contribution in [0.5, 0.6) is 0 Å². The SMILES string of the molecule is O=c1sccn1CC1(CBr)CCOCC1. The summed E-state index contributed by atoms with van der Waals surface area (Å²) in [6.07, 6.45) is 3.94. The Morgan fingerprint density at radius 2 is 2.27 bits per heavy atom. The van der Waals surface area contributed by atoms with Gasteiger partial charge in [0.2, 0.25) is 0 Å². The molecule has 1 fully saturated rings. The summed E-state index contributed by atoms with van der Waals surface area (Å²) in [5, 5.41) is 2.79. The lowest BCUT2D eigenvalue weighted by Gasteiger charge is -2.35. The summed E-state index contributed by atoms with van der Waals surface area (Å²) in [7, 11) is 0. The summed E-state index contributed by atoms with van der Waals surface area (Å²) in [4.78, 5) is 11.6. The van der Waals surface area contributed by atoms with Crippen molar-refractivity contribution in [1.29, 1.82) is 0 Å². The standard InChI is InChI=1S/C10H14BrNO2S/c11-7-10(1-4-14-5-2-10)8-12-3-6-15-9(12)13/h3,6H,1-2,4-5,7-8H2. The normalized spacial score (nSPS) is 20.3. The summed E-state index contributed by atoms with van der Waals surface area (Å²) in [5.41, 5.74) is 0.198. The van der Waals surface area contributed by atoms with Crippen LogP contribution < -0.4 is 4.87 Å². The van der Waals surface area contributed by atoms with E-state index in [0.717, 1.165) is 37.9 Å². The van der Waals surface area contributed by atoms with Crippen molar-refractivity contribution >= 4 is 27.3 Å². The Kier molecular flexibility index (Phi) is 3.64. The van der Waals surface area contributed by atoms with E-state index in [1.807, 2.05) is 16.1 Å². The second-order valence-electron chi connectivity index (χ2n) is 4.04. The highest BCUT2D eigenvalue weighted by Gasteiger charge is 2.32. The van der Waals surface area contributed by atoms with Crippen LogP contribution >= 0.6 is 27.3 Å². The second kappa shape index (κ2) is 4.80. The van der Waals surface area contributed by atoms with Gasteiger partial charge in [-0.25, -0.2) is 0 Å². The molecule has 1 saturated heterocycles. The quantitative estimate of drug-likeness (QED) is 0.799. The topological polar surface area (TPSA) is 31.2 Å². The van der Waals surface area contributed by atoms with Crippen molar-refractivity contribution in [3.63, 3.8) is 0 Å². The van der Waals surface area contributed by atoms with Gasteiger partial charge in [0.15, 0.2) is 0 Å². The molecule has 0 spiro atoms. The van der Waals surface area contributed by atoms with Crippen molar-refractivity contribution < 1.29 is 4.74 Å². The van der Waals surface area contributed by atoms with Gasteiger partial charge in [-0.3, -0.25) is 4.79 Å². The van der Waals surface area contributed by atoms with E-state index >= 15 is 0 Å². The summed E-state index contributed by atoms with van der Waals surface area (Å²) in [5.74, 6) is 0. The van der Waals surface area contributed by atoms with Gasteiger partial charge >= 0.3 is 4.87 Å². The van der Waals surface area contributed by atoms with Crippen molar-refractivity contribution in [3.05, 3.63) is 21.2 Å². The van der Waals surface area contributed by atoms with Crippen LogP contribution in [-0.4, -0.2) is 23.1 Å². The smallest absolute Gasteiger partial charge is 0.307 e. The molecule has 0 aliphatic carbocycles. The highest BCUT2D eigenvalue weighted by molar-refractivity contribution is 9.09. The van der Waals surface area contributed by atoms with Gasteiger partial charge in [-0.2, -0.15) is 0 Å². The van der Waals surface area contributed by atoms with E-state index in [0.29, 0.717) is 0 Å². The fourth-order valence-corrected chi connectivity index (χ4v) is 3.23. The summed E-state index contributed by atoms with van der Waals surface area (Å²) in [6, 6.07) is 0. The van der Waals surface area contributed by atoms with E-state index in [4.69, 9.17) is 4.74 Å². The van der Waals surface area contributed by atoms with E-state index < -0.39 is 0 Å². The van der Waals surface area contributed by atoms with Gasteiger partial charge < -0.3 is 9.30 Å². The molecule has 15 heavy (non-hydrogen) atoms. The van der Waals surface area contributed by atoms with E-state index in [-0.39, 0.29) is 10.3 Å². The predicted molar refractivity (Wildman–Crippen MR) is 64.9 cm³/mol. The maximum absolute atomic E-state index is 11.5. The van der Waals surface area contributed by atoms with Crippen LogP contribution in [0.1, 0.15) is 12.8 Å². The Morgan fingerprint density at radius 1 is 1.53 bits per heavy atom. The number of thiazole rings is 1. The first-order valence-corrected chi connectivity index (χ1v) is 7.04. The molecule has 5 heteroatoms. The van der Waals surface area contributed by atoms with E-state index in [2.05, 4.69) is 15.9 Å². The Hall–Kier alpha value is -0.130. The number of alkyl halides is 1. The molecule has 3 nitrogen and oxygen atoms in total. The van der Waals surface area contributed by atoms with Gasteiger partial charge in [-0.05, 0) is 12.8 Å². The Bertz CT molecular complexity index is 367. The number of halogens is 1. The summed E-state index contributed by atoms with van der Waals surface area (Å²) < 4.78 is 7.19. The monoisotopic (exact) mass is 291 g/mol. The third kappa shape index (κ3) is 2.52. The summed E-state index contributed by atoms with van der Waals surface area (Å²) in [6.45, 7) is 2.43. The minimum absolute atomic E-state index is 0.141. The third-order valence-corrected chi connectivity index (χ3v) is 4.87. The van der Waals surface area contributed by atoms with Crippen molar-refractivity contribution in [2.45, 2.75) is 19.4 Å². The molecular weight excluding hydrogens is 278 g/mol. The number of rotatable bonds is 3. The lowest BCUT2D eigenvalue weighted by atomic mass is 9.82. The van der Waals surface area contributed by atoms with Gasteiger partial charge in [-0.15, -0.1) is 0 Å². The van der Waals surface area contributed by atoms with Gasteiger partial charge in [0.1, 0.15) is 0 Å². The molecule has 1 aliphatic heterocycles. The van der Waals surface area contributed by atoms with Crippen molar-refractivity contribution in [2.24, 2.45) is 5.41 Å². The average Bonchev–Trinajstić information content (AvgIpc) is 2.66. The number of hydrogen-bond donors (Lipinski definition) is 0. The fraction of sp³-hybridized carbons (Fsp3) is 0.700. The zero-order valence-electron chi connectivity index (χ0n) is 8.45. The number of hydrogen-bond acceptors (Lipinski definition) is 3. The molecule has 0 amide bonds. The largest absolute Gasteiger partial charge is 0.381 e. The number of nitrogens with zero attached hydrogens (tertiary/aromatic N) is 1. The fourth-order valence-electron chi connectivity index (χ4n) is 1.91. The van der Waals surface area contributed by atoms with E-state index in [9.17, 15) is 4.79 Å². The molecule has 1 aromatic rings. The minimum Gasteiger partial charge on any atom is -0.381 e. The highest BCUT2D eigenvalue weighted by atomic mass is 79.9. The van der Waals surface area contributed by atoms with Crippen LogP contribution in [-0.2, 0) is 11.3 Å². The van der Waals surface area contributed by atoms with Crippen LogP contribution in [0.2, 0.25) is 0 Å². The minimum atomic E-state index is 0.141. The van der Waals surface area contributed by atoms with Crippen molar-refractivity contribution in [3.8, 4) is 0 Å². The lowest BCUT2D eigenvalue weighted by Crippen LogP contribution is -2.37. The summed E-state index contributed by atoms with van der Waals surface area (Å²) >= 11 is 4.83. The Morgan fingerprint density at radius 3 is 2.80 bits per heavy atom. The van der Waals surface area contributed by atoms with Crippen LogP contribution in [0.4, 0.5) is 0 Å². The van der Waals surface area contributed by atoms with Gasteiger partial charge in [0.05, 0.1) is 0 Å². The predicted octanol–water partition coefficient (Wildman–Crippen LogP) is 2.10. The van der Waals surface area contributed by atoms with E-state index in [1.54, 1.807) is 0 Å². The molecule has 1 aliphatic rings. The molecule has 0 radical (unpaired) electrons. The molecule has 0 aromatic carbocycles. The zero-order valence-corrected chi connectivity index (χ0v) is 10.8. The molecule has 2 heterocycles. The molecule has 0 saturated carbocycles. The second-order valence-corrected chi connectivity index (χ2v) is 5.46. The molecule has 0 N–H and O–H groups in total. The molecule has 2 rings (SSSR count). The molecular formula is C10H14BrNO2S. The molecule has 1 aromatic heterocycles. The van der Waals surface area contributed by atoms with Crippen LogP contribution in [0, 0.1) is 5.41 Å². The molecule has 0 atom stereocenters. The van der Waals surface area contributed by atoms with Gasteiger partial charge in [0.25, 0.3) is 0 Å². The zero-order chi connectivity index (χ0) is 10.7. The van der Waals surface area contributed by atoms with E-state index in [1.165, 1.54) is 11.3 Å². The lowest BCUT2D eigenvalue weighted by molar-refractivity contribution is 0.0184. The Balaban J connectivity index is 2.14. The van der Waals surface area contributed by atoms with Crippen molar-refractivity contribution in [2.75, 3.05) is 18.5 Å². The molecule has 0 bridgehead atoms. The molecule has 0 unspecified atom stereocenters. The number of ether oxygens (including phenoxy) is 1. The maximum Gasteiger partial charge on any atom is 0.307 e. The third-order valence-electron chi connectivity index (χ3n) is 2.99.